The van der Waals surface area contributed by atoms with Crippen LogP contribution in [0, 0.1) is 25.2 Å². The molecule has 90 valence electrons. The third kappa shape index (κ3) is 2.99. The van der Waals surface area contributed by atoms with E-state index in [1.165, 1.54) is 17.2 Å². The van der Waals surface area contributed by atoms with Gasteiger partial charge in [-0.05, 0) is 49.2 Å². The number of hydrogen-bond acceptors (Lipinski definition) is 3. The lowest BCUT2D eigenvalue weighted by Gasteiger charge is -2.08. The van der Waals surface area contributed by atoms with Crippen LogP contribution in [0.15, 0.2) is 30.3 Å². The summed E-state index contributed by atoms with van der Waals surface area (Å²) < 4.78 is 0. The first kappa shape index (κ1) is 12.4. The van der Waals surface area contributed by atoms with Crippen molar-refractivity contribution in [3.63, 3.8) is 0 Å². The summed E-state index contributed by atoms with van der Waals surface area (Å²) >= 11 is 5.86. The van der Waals surface area contributed by atoms with E-state index in [4.69, 9.17) is 16.9 Å². The average Bonchev–Trinajstić information content (AvgIpc) is 2.26. The molecule has 1 aromatic carbocycles. The maximum Gasteiger partial charge on any atom is 0.133 e. The molecule has 0 aliphatic carbocycles. The second kappa shape index (κ2) is 5.07. The Labute approximate surface area is 111 Å². The largest absolute Gasteiger partial charge is 0.340 e. The van der Waals surface area contributed by atoms with E-state index in [1.807, 2.05) is 26.0 Å². The van der Waals surface area contributed by atoms with E-state index >= 15 is 0 Å². The van der Waals surface area contributed by atoms with Crippen LogP contribution in [0.3, 0.4) is 0 Å². The first-order valence-electron chi connectivity index (χ1n) is 5.50. The SMILES string of the molecule is Cc1cc(C)cc(Nc2cc(C#N)cc(Cl)n2)c1. The lowest BCUT2D eigenvalue weighted by atomic mass is 10.1. The lowest BCUT2D eigenvalue weighted by molar-refractivity contribution is 1.28. The Morgan fingerprint density at radius 3 is 2.39 bits per heavy atom. The first-order valence-corrected chi connectivity index (χ1v) is 5.87. The number of nitrogens with zero attached hydrogens (tertiary/aromatic N) is 2. The molecular weight excluding hydrogens is 246 g/mol. The van der Waals surface area contributed by atoms with Crippen molar-refractivity contribution in [3.05, 3.63) is 52.2 Å². The number of pyridine rings is 1. The second-order valence-corrected chi connectivity index (χ2v) is 4.56. The van der Waals surface area contributed by atoms with Crippen LogP contribution >= 0.6 is 11.6 Å². The van der Waals surface area contributed by atoms with E-state index < -0.39 is 0 Å². The molecule has 0 saturated heterocycles. The van der Waals surface area contributed by atoms with Crippen LogP contribution in [0.5, 0.6) is 0 Å². The Balaban J connectivity index is 2.34. The van der Waals surface area contributed by atoms with Crippen molar-refractivity contribution in [2.24, 2.45) is 0 Å². The molecule has 2 rings (SSSR count). The van der Waals surface area contributed by atoms with E-state index in [0.29, 0.717) is 16.5 Å². The molecule has 4 heteroatoms. The summed E-state index contributed by atoms with van der Waals surface area (Å²) in [7, 11) is 0. The molecule has 0 radical (unpaired) electrons. The van der Waals surface area contributed by atoms with Gasteiger partial charge >= 0.3 is 0 Å². The van der Waals surface area contributed by atoms with Crippen molar-refractivity contribution in [3.8, 4) is 6.07 Å². The fourth-order valence-electron chi connectivity index (χ4n) is 1.82. The number of nitrogens with one attached hydrogen (secondary N) is 1. The van der Waals surface area contributed by atoms with Gasteiger partial charge in [-0.2, -0.15) is 5.26 Å². The van der Waals surface area contributed by atoms with Crippen LogP contribution in [-0.2, 0) is 0 Å². The molecule has 0 fully saturated rings. The van der Waals surface area contributed by atoms with Crippen molar-refractivity contribution in [1.29, 1.82) is 5.26 Å². The number of halogens is 1. The van der Waals surface area contributed by atoms with Gasteiger partial charge in [0.25, 0.3) is 0 Å². The third-order valence-corrected chi connectivity index (χ3v) is 2.61. The molecule has 0 amide bonds. The van der Waals surface area contributed by atoms with Crippen LogP contribution in [0.4, 0.5) is 11.5 Å². The summed E-state index contributed by atoms with van der Waals surface area (Å²) in [5, 5.41) is 12.3. The summed E-state index contributed by atoms with van der Waals surface area (Å²) in [4.78, 5) is 4.14. The zero-order valence-electron chi connectivity index (χ0n) is 10.2. The van der Waals surface area contributed by atoms with E-state index in [0.717, 1.165) is 5.69 Å². The highest BCUT2D eigenvalue weighted by molar-refractivity contribution is 6.29. The standard InChI is InChI=1S/C14H12ClN3/c1-9-3-10(2)5-12(4-9)17-14-7-11(8-16)6-13(15)18-14/h3-7H,1-2H3,(H,17,18). The number of rotatable bonds is 2. The predicted molar refractivity (Wildman–Crippen MR) is 73.2 cm³/mol. The van der Waals surface area contributed by atoms with Crippen molar-refractivity contribution < 1.29 is 0 Å². The van der Waals surface area contributed by atoms with Gasteiger partial charge in [0.1, 0.15) is 11.0 Å². The third-order valence-electron chi connectivity index (χ3n) is 2.42. The highest BCUT2D eigenvalue weighted by Crippen LogP contribution is 2.20. The summed E-state index contributed by atoms with van der Waals surface area (Å²) in [5.41, 5.74) is 3.76. The highest BCUT2D eigenvalue weighted by Gasteiger charge is 2.02. The fourth-order valence-corrected chi connectivity index (χ4v) is 2.03. The maximum atomic E-state index is 8.88. The Bertz CT molecular complexity index is 609. The molecule has 2 aromatic rings. The van der Waals surface area contributed by atoms with E-state index in [-0.39, 0.29) is 0 Å². The highest BCUT2D eigenvalue weighted by atomic mass is 35.5. The van der Waals surface area contributed by atoms with Gasteiger partial charge in [0.05, 0.1) is 11.6 Å². The first-order chi connectivity index (χ1) is 8.56. The molecule has 0 atom stereocenters. The molecular formula is C14H12ClN3. The maximum absolute atomic E-state index is 8.88. The van der Waals surface area contributed by atoms with Gasteiger partial charge in [0.2, 0.25) is 0 Å². The van der Waals surface area contributed by atoms with Crippen molar-refractivity contribution in [1.82, 2.24) is 4.98 Å². The minimum Gasteiger partial charge on any atom is -0.340 e. The summed E-state index contributed by atoms with van der Waals surface area (Å²) in [6.07, 6.45) is 0. The molecule has 18 heavy (non-hydrogen) atoms. The lowest BCUT2D eigenvalue weighted by Crippen LogP contribution is -1.95. The van der Waals surface area contributed by atoms with Crippen LogP contribution < -0.4 is 5.32 Å². The summed E-state index contributed by atoms with van der Waals surface area (Å²) in [6, 6.07) is 11.4. The minimum atomic E-state index is 0.306. The monoisotopic (exact) mass is 257 g/mol. The topological polar surface area (TPSA) is 48.7 Å². The van der Waals surface area contributed by atoms with Crippen LogP contribution in [-0.4, -0.2) is 4.98 Å². The summed E-state index contributed by atoms with van der Waals surface area (Å²) in [6.45, 7) is 4.06. The predicted octanol–water partition coefficient (Wildman–Crippen LogP) is 3.97. The molecule has 1 heterocycles. The Hall–Kier alpha value is -2.05. The average molecular weight is 258 g/mol. The quantitative estimate of drug-likeness (QED) is 0.828. The van der Waals surface area contributed by atoms with E-state index in [1.54, 1.807) is 6.07 Å². The zero-order valence-corrected chi connectivity index (χ0v) is 10.9. The van der Waals surface area contributed by atoms with Crippen molar-refractivity contribution >= 4 is 23.1 Å². The van der Waals surface area contributed by atoms with E-state index in [9.17, 15) is 0 Å². The molecule has 0 spiro atoms. The number of nitriles is 1. The number of anilines is 2. The smallest absolute Gasteiger partial charge is 0.133 e. The van der Waals surface area contributed by atoms with Crippen LogP contribution in [0.1, 0.15) is 16.7 Å². The molecule has 1 N–H and O–H groups in total. The van der Waals surface area contributed by atoms with Crippen molar-refractivity contribution in [2.75, 3.05) is 5.32 Å². The van der Waals surface area contributed by atoms with Gasteiger partial charge in [0.15, 0.2) is 0 Å². The second-order valence-electron chi connectivity index (χ2n) is 4.18. The molecule has 0 saturated carbocycles. The summed E-state index contributed by atoms with van der Waals surface area (Å²) in [5.74, 6) is 0.573. The van der Waals surface area contributed by atoms with Gasteiger partial charge in [-0.15, -0.1) is 0 Å². The van der Waals surface area contributed by atoms with Gasteiger partial charge in [-0.25, -0.2) is 4.98 Å². The van der Waals surface area contributed by atoms with Crippen LogP contribution in [0.2, 0.25) is 5.15 Å². The molecule has 0 aliphatic heterocycles. The van der Waals surface area contributed by atoms with Gasteiger partial charge < -0.3 is 5.32 Å². The molecule has 1 aromatic heterocycles. The van der Waals surface area contributed by atoms with Crippen LogP contribution in [0.25, 0.3) is 0 Å². The van der Waals surface area contributed by atoms with Gasteiger partial charge in [-0.3, -0.25) is 0 Å². The number of aryl methyl sites for hydroxylation is 2. The molecule has 3 nitrogen and oxygen atoms in total. The van der Waals surface area contributed by atoms with Crippen molar-refractivity contribution in [2.45, 2.75) is 13.8 Å². The number of hydrogen-bond donors (Lipinski definition) is 1. The molecule has 0 unspecified atom stereocenters. The van der Waals surface area contributed by atoms with E-state index in [2.05, 4.69) is 22.4 Å². The zero-order chi connectivity index (χ0) is 13.1. The van der Waals surface area contributed by atoms with Gasteiger partial charge in [0, 0.05) is 5.69 Å². The number of aromatic nitrogens is 1. The fraction of sp³-hybridized carbons (Fsp3) is 0.143. The molecule has 0 aliphatic rings. The van der Waals surface area contributed by atoms with Gasteiger partial charge in [-0.1, -0.05) is 17.7 Å². The molecule has 0 bridgehead atoms. The Morgan fingerprint density at radius 2 is 1.78 bits per heavy atom. The number of benzene rings is 1. The Kier molecular flexibility index (Phi) is 3.50. The normalized spacial score (nSPS) is 9.89. The minimum absolute atomic E-state index is 0.306. The Morgan fingerprint density at radius 1 is 1.11 bits per heavy atom.